The molecule has 0 amide bonds. The van der Waals surface area contributed by atoms with Crippen LogP contribution in [0.5, 0.6) is 11.5 Å². The van der Waals surface area contributed by atoms with Crippen molar-refractivity contribution in [1.29, 1.82) is 0 Å². The minimum Gasteiger partial charge on any atom is -0.493 e. The first kappa shape index (κ1) is 16.6. The lowest BCUT2D eigenvalue weighted by Gasteiger charge is -2.14. The van der Waals surface area contributed by atoms with Crippen LogP contribution in [0.25, 0.3) is 0 Å². The zero-order valence-corrected chi connectivity index (χ0v) is 15.0. The van der Waals surface area contributed by atoms with E-state index in [0.29, 0.717) is 23.1 Å². The number of rotatable bonds is 6. The van der Waals surface area contributed by atoms with Crippen LogP contribution in [-0.2, 0) is 13.0 Å². The van der Waals surface area contributed by atoms with Gasteiger partial charge in [-0.2, -0.15) is 0 Å². The molecule has 0 aliphatic heterocycles. The van der Waals surface area contributed by atoms with E-state index in [1.807, 2.05) is 30.5 Å². The lowest BCUT2D eigenvalue weighted by Crippen LogP contribution is -2.17. The monoisotopic (exact) mass is 389 g/mol. The van der Waals surface area contributed by atoms with Crippen LogP contribution >= 0.6 is 38.9 Å². The Morgan fingerprint density at radius 3 is 2.71 bits per heavy atom. The fourth-order valence-electron chi connectivity index (χ4n) is 1.98. The highest BCUT2D eigenvalue weighted by atomic mass is 79.9. The zero-order valence-electron chi connectivity index (χ0n) is 11.9. The Bertz CT molecular complexity index is 616. The molecule has 2 rings (SSSR count). The van der Waals surface area contributed by atoms with Gasteiger partial charge in [0.05, 0.1) is 12.1 Å². The van der Waals surface area contributed by atoms with Gasteiger partial charge in [0.2, 0.25) is 0 Å². The van der Waals surface area contributed by atoms with E-state index >= 15 is 0 Å². The highest BCUT2D eigenvalue weighted by Crippen LogP contribution is 2.37. The van der Waals surface area contributed by atoms with Crippen molar-refractivity contribution in [3.8, 4) is 11.5 Å². The van der Waals surface area contributed by atoms with Crippen LogP contribution in [-0.4, -0.2) is 13.2 Å². The number of benzene rings is 1. The second kappa shape index (κ2) is 7.49. The van der Waals surface area contributed by atoms with Crippen LogP contribution in [0, 0.1) is 0 Å². The molecule has 6 heteroatoms. The summed E-state index contributed by atoms with van der Waals surface area (Å²) in [5.74, 6) is 1.20. The summed E-state index contributed by atoms with van der Waals surface area (Å²) in [5, 5.41) is 2.56. The van der Waals surface area contributed by atoms with Crippen molar-refractivity contribution in [2.75, 3.05) is 7.11 Å². The average Bonchev–Trinajstić information content (AvgIpc) is 2.82. The number of ether oxygens (including phenoxy) is 2. The molecule has 2 aromatic rings. The molecular formula is C15H17BrClNO2S. The molecule has 3 nitrogen and oxygen atoms in total. The molecular weight excluding hydrogens is 374 g/mol. The van der Waals surface area contributed by atoms with Gasteiger partial charge in [-0.25, -0.2) is 0 Å². The Labute approximate surface area is 142 Å². The maximum Gasteiger partial charge on any atom is 0.180 e. The second-order valence-electron chi connectivity index (χ2n) is 4.81. The number of hydrogen-bond acceptors (Lipinski definition) is 4. The highest BCUT2D eigenvalue weighted by Gasteiger charge is 2.13. The first-order chi connectivity index (χ1) is 9.99. The van der Waals surface area contributed by atoms with Crippen molar-refractivity contribution < 1.29 is 9.47 Å². The largest absolute Gasteiger partial charge is 0.493 e. The zero-order chi connectivity index (χ0) is 15.4. The van der Waals surface area contributed by atoms with E-state index in [2.05, 4.69) is 15.9 Å². The molecule has 1 heterocycles. The summed E-state index contributed by atoms with van der Waals surface area (Å²) >= 11 is 11.4. The van der Waals surface area contributed by atoms with Gasteiger partial charge >= 0.3 is 0 Å². The highest BCUT2D eigenvalue weighted by molar-refractivity contribution is 9.10. The van der Waals surface area contributed by atoms with E-state index in [1.165, 1.54) is 0 Å². The third-order valence-electron chi connectivity index (χ3n) is 2.83. The summed E-state index contributed by atoms with van der Waals surface area (Å²) in [4.78, 5) is 1.11. The molecule has 0 saturated heterocycles. The van der Waals surface area contributed by atoms with Crippen LogP contribution in [0.4, 0.5) is 0 Å². The van der Waals surface area contributed by atoms with E-state index in [4.69, 9.17) is 26.8 Å². The second-order valence-corrected chi connectivity index (χ2v) is 7.13. The van der Waals surface area contributed by atoms with E-state index < -0.39 is 0 Å². The predicted octanol–water partition coefficient (Wildman–Crippen LogP) is 4.64. The maximum absolute atomic E-state index is 6.32. The van der Waals surface area contributed by atoms with Gasteiger partial charge < -0.3 is 15.2 Å². The quantitative estimate of drug-likeness (QED) is 0.781. The number of hydrogen-bond donors (Lipinski definition) is 1. The molecule has 0 aliphatic carbocycles. The molecule has 0 aliphatic rings. The Morgan fingerprint density at radius 1 is 1.38 bits per heavy atom. The SMILES string of the molecule is COc1cc(CC(C)N)cc(Cl)c1OCc1cc(Br)cs1. The van der Waals surface area contributed by atoms with Crippen LogP contribution in [0.1, 0.15) is 17.4 Å². The molecule has 1 aromatic carbocycles. The van der Waals surface area contributed by atoms with Crippen LogP contribution < -0.4 is 15.2 Å². The van der Waals surface area contributed by atoms with Gasteiger partial charge in [-0.3, -0.25) is 0 Å². The normalized spacial score (nSPS) is 12.2. The lowest BCUT2D eigenvalue weighted by atomic mass is 10.1. The van der Waals surface area contributed by atoms with Crippen LogP contribution in [0.3, 0.4) is 0 Å². The standard InChI is InChI=1S/C15H17BrClNO2S/c1-9(18)3-10-4-13(17)15(14(5-10)19-2)20-7-12-6-11(16)8-21-12/h4-6,8-9H,3,7,18H2,1-2H3. The summed E-state index contributed by atoms with van der Waals surface area (Å²) < 4.78 is 12.3. The van der Waals surface area contributed by atoms with Gasteiger partial charge in [0.25, 0.3) is 0 Å². The first-order valence-electron chi connectivity index (χ1n) is 6.47. The number of methoxy groups -OCH3 is 1. The van der Waals surface area contributed by atoms with Gasteiger partial charge in [0, 0.05) is 20.8 Å². The van der Waals surface area contributed by atoms with E-state index in [9.17, 15) is 0 Å². The Balaban J connectivity index is 2.18. The van der Waals surface area contributed by atoms with Crippen molar-refractivity contribution in [3.05, 3.63) is 43.5 Å². The topological polar surface area (TPSA) is 44.5 Å². The lowest BCUT2D eigenvalue weighted by molar-refractivity contribution is 0.287. The van der Waals surface area contributed by atoms with Crippen molar-refractivity contribution in [1.82, 2.24) is 0 Å². The Hall–Kier alpha value is -0.750. The molecule has 21 heavy (non-hydrogen) atoms. The smallest absolute Gasteiger partial charge is 0.180 e. The Kier molecular flexibility index (Phi) is 5.93. The van der Waals surface area contributed by atoms with Crippen LogP contribution in [0.2, 0.25) is 5.02 Å². The first-order valence-corrected chi connectivity index (χ1v) is 8.52. The molecule has 0 bridgehead atoms. The number of nitrogens with two attached hydrogens (primary N) is 1. The van der Waals surface area contributed by atoms with Gasteiger partial charge in [0.15, 0.2) is 11.5 Å². The van der Waals surface area contributed by atoms with Gasteiger partial charge in [-0.15, -0.1) is 11.3 Å². The summed E-state index contributed by atoms with van der Waals surface area (Å²) in [6.07, 6.45) is 0.744. The summed E-state index contributed by atoms with van der Waals surface area (Å²) in [5.41, 5.74) is 6.86. The third kappa shape index (κ3) is 4.61. The Morgan fingerprint density at radius 2 is 2.14 bits per heavy atom. The van der Waals surface area contributed by atoms with Crippen LogP contribution in [0.15, 0.2) is 28.1 Å². The summed E-state index contributed by atoms with van der Waals surface area (Å²) in [7, 11) is 1.61. The third-order valence-corrected chi connectivity index (χ3v) is 4.78. The average molecular weight is 391 g/mol. The van der Waals surface area contributed by atoms with Crippen molar-refractivity contribution in [3.63, 3.8) is 0 Å². The van der Waals surface area contributed by atoms with Gasteiger partial charge in [-0.1, -0.05) is 11.6 Å². The maximum atomic E-state index is 6.32. The molecule has 1 atom stereocenters. The van der Waals surface area contributed by atoms with Gasteiger partial charge in [0.1, 0.15) is 6.61 Å². The molecule has 1 aromatic heterocycles. The molecule has 0 radical (unpaired) electrons. The van der Waals surface area contributed by atoms with Crippen molar-refractivity contribution in [2.45, 2.75) is 26.0 Å². The minimum absolute atomic E-state index is 0.0704. The molecule has 0 fully saturated rings. The van der Waals surface area contributed by atoms with E-state index in [-0.39, 0.29) is 6.04 Å². The molecule has 0 saturated carbocycles. The summed E-state index contributed by atoms with van der Waals surface area (Å²) in [6.45, 7) is 2.42. The molecule has 0 spiro atoms. The summed E-state index contributed by atoms with van der Waals surface area (Å²) in [6, 6.07) is 5.90. The van der Waals surface area contributed by atoms with Crippen molar-refractivity contribution >= 4 is 38.9 Å². The van der Waals surface area contributed by atoms with Crippen molar-refractivity contribution in [2.24, 2.45) is 5.73 Å². The molecule has 114 valence electrons. The molecule has 2 N–H and O–H groups in total. The number of thiophene rings is 1. The van der Waals surface area contributed by atoms with E-state index in [0.717, 1.165) is 21.3 Å². The fraction of sp³-hybridized carbons (Fsp3) is 0.333. The number of halogens is 2. The fourth-order valence-corrected chi connectivity index (χ4v) is 3.63. The molecule has 1 unspecified atom stereocenters. The minimum atomic E-state index is 0.0704. The predicted molar refractivity (Wildman–Crippen MR) is 91.7 cm³/mol. The van der Waals surface area contributed by atoms with E-state index in [1.54, 1.807) is 18.4 Å². The van der Waals surface area contributed by atoms with Gasteiger partial charge in [-0.05, 0) is 53.0 Å².